The first-order valence-corrected chi connectivity index (χ1v) is 16.4. The molecular formula is C35H46O5Si. The van der Waals surface area contributed by atoms with Crippen LogP contribution in [0.4, 0.5) is 0 Å². The third-order valence-electron chi connectivity index (χ3n) is 7.45. The molecule has 0 amide bonds. The number of aliphatic hydroxyl groups excluding tert-OH is 3. The van der Waals surface area contributed by atoms with Crippen molar-refractivity contribution in [2.45, 2.75) is 71.1 Å². The molecule has 41 heavy (non-hydrogen) atoms. The summed E-state index contributed by atoms with van der Waals surface area (Å²) in [6.45, 7) is 13.0. The van der Waals surface area contributed by atoms with E-state index in [9.17, 15) is 15.3 Å². The van der Waals surface area contributed by atoms with Crippen molar-refractivity contribution in [3.8, 4) is 0 Å². The number of rotatable bonds is 15. The zero-order chi connectivity index (χ0) is 29.9. The van der Waals surface area contributed by atoms with Gasteiger partial charge < -0.3 is 24.2 Å². The van der Waals surface area contributed by atoms with Crippen molar-refractivity contribution in [1.82, 2.24) is 0 Å². The lowest BCUT2D eigenvalue weighted by atomic mass is 9.95. The molecular weight excluding hydrogens is 528 g/mol. The van der Waals surface area contributed by atoms with Gasteiger partial charge in [0.25, 0.3) is 8.32 Å². The molecule has 0 aliphatic rings. The lowest BCUT2D eigenvalue weighted by Gasteiger charge is -2.43. The Kier molecular flexibility index (Phi) is 12.1. The molecule has 3 rings (SSSR count). The van der Waals surface area contributed by atoms with Gasteiger partial charge in [0.05, 0.1) is 19.3 Å². The van der Waals surface area contributed by atoms with Gasteiger partial charge in [-0.3, -0.25) is 0 Å². The molecule has 2 aromatic carbocycles. The highest BCUT2D eigenvalue weighted by Gasteiger charge is 2.50. The summed E-state index contributed by atoms with van der Waals surface area (Å²) >= 11 is 0. The fourth-order valence-electron chi connectivity index (χ4n) is 5.48. The van der Waals surface area contributed by atoms with Crippen molar-refractivity contribution in [2.24, 2.45) is 0 Å². The molecule has 220 valence electrons. The second-order valence-corrected chi connectivity index (χ2v) is 15.8. The molecule has 1 atom stereocenters. The molecule has 0 spiro atoms. The van der Waals surface area contributed by atoms with Crippen LogP contribution in [0, 0.1) is 0 Å². The second-order valence-electron chi connectivity index (χ2n) is 11.5. The maximum atomic E-state index is 11.3. The zero-order valence-electron chi connectivity index (χ0n) is 25.0. The van der Waals surface area contributed by atoms with Crippen molar-refractivity contribution < 1.29 is 24.2 Å². The molecule has 1 heterocycles. The SMILES string of the molecule is C=C(CO[Si](c1ccccc1)(c1ccccc1)C(C)(C)C)/C(=C/CO)C(O)CC/C(=C/c1ccc(CO)o1)CCC. The van der Waals surface area contributed by atoms with Gasteiger partial charge in [-0.05, 0) is 64.0 Å². The van der Waals surface area contributed by atoms with Gasteiger partial charge in [-0.15, -0.1) is 0 Å². The lowest BCUT2D eigenvalue weighted by molar-refractivity contribution is 0.197. The summed E-state index contributed by atoms with van der Waals surface area (Å²) in [5, 5.41) is 32.6. The Bertz CT molecular complexity index is 1250. The fraction of sp³-hybridized carbons (Fsp3) is 0.371. The quantitative estimate of drug-likeness (QED) is 0.150. The van der Waals surface area contributed by atoms with Crippen LogP contribution < -0.4 is 10.4 Å². The normalized spacial score (nSPS) is 13.8. The minimum Gasteiger partial charge on any atom is -0.459 e. The Balaban J connectivity index is 1.83. The van der Waals surface area contributed by atoms with Crippen LogP contribution in [0.5, 0.6) is 0 Å². The van der Waals surface area contributed by atoms with E-state index in [2.05, 4.69) is 82.8 Å². The Labute approximate surface area is 246 Å². The second kappa shape index (κ2) is 15.3. The molecule has 3 N–H and O–H groups in total. The predicted octanol–water partition coefficient (Wildman–Crippen LogP) is 6.15. The third kappa shape index (κ3) is 8.28. The topological polar surface area (TPSA) is 83.1 Å². The summed E-state index contributed by atoms with van der Waals surface area (Å²) in [6, 6.07) is 24.5. The molecule has 5 nitrogen and oxygen atoms in total. The average Bonchev–Trinajstić information content (AvgIpc) is 3.43. The van der Waals surface area contributed by atoms with E-state index in [1.807, 2.05) is 24.3 Å². The molecule has 6 heteroatoms. The summed E-state index contributed by atoms with van der Waals surface area (Å²) in [5.74, 6) is 1.22. The Morgan fingerprint density at radius 1 is 0.951 bits per heavy atom. The molecule has 1 unspecified atom stereocenters. The molecule has 0 saturated heterocycles. The molecule has 1 aromatic heterocycles. The number of furan rings is 1. The molecule has 0 radical (unpaired) electrons. The van der Waals surface area contributed by atoms with Crippen LogP contribution in [0.1, 0.15) is 64.9 Å². The van der Waals surface area contributed by atoms with Gasteiger partial charge in [0.1, 0.15) is 18.1 Å². The minimum absolute atomic E-state index is 0.136. The van der Waals surface area contributed by atoms with Crippen LogP contribution in [0.3, 0.4) is 0 Å². The van der Waals surface area contributed by atoms with E-state index in [-0.39, 0.29) is 24.9 Å². The van der Waals surface area contributed by atoms with Crippen LogP contribution in [0.25, 0.3) is 6.08 Å². The zero-order valence-corrected chi connectivity index (χ0v) is 26.0. The first-order chi connectivity index (χ1) is 19.7. The van der Waals surface area contributed by atoms with Crippen molar-refractivity contribution >= 4 is 24.8 Å². The van der Waals surface area contributed by atoms with Gasteiger partial charge in [-0.1, -0.05) is 113 Å². The molecule has 0 fully saturated rings. The Morgan fingerprint density at radius 3 is 2.05 bits per heavy atom. The number of aliphatic hydroxyl groups is 3. The fourth-order valence-corrected chi connectivity index (χ4v) is 10.0. The van der Waals surface area contributed by atoms with Gasteiger partial charge in [0, 0.05) is 0 Å². The maximum absolute atomic E-state index is 11.3. The standard InChI is InChI=1S/C35H46O5Si/c1-6-13-28(24-29-19-20-30(25-37)40-29)18-21-34(38)33(22-23-36)27(2)26-39-41(35(3,4)5,31-14-9-7-10-15-31)32-16-11-8-12-17-32/h7-12,14-17,19-20,22,24,34,36-38H,2,6,13,18,21,23,25-26H2,1,3-5H3/b28-24+,33-22-. The number of hydrogen-bond acceptors (Lipinski definition) is 5. The van der Waals surface area contributed by atoms with E-state index in [0.717, 1.165) is 18.4 Å². The first kappa shape index (κ1) is 32.5. The monoisotopic (exact) mass is 574 g/mol. The van der Waals surface area contributed by atoms with Crippen molar-refractivity contribution in [2.75, 3.05) is 13.2 Å². The molecule has 3 aromatic rings. The summed E-state index contributed by atoms with van der Waals surface area (Å²) in [6.07, 6.45) is 5.81. The Hall–Kier alpha value is -3.00. The smallest absolute Gasteiger partial charge is 0.261 e. The summed E-state index contributed by atoms with van der Waals surface area (Å²) in [5.41, 5.74) is 2.43. The maximum Gasteiger partial charge on any atom is 0.261 e. The van der Waals surface area contributed by atoms with Gasteiger partial charge in [-0.2, -0.15) is 0 Å². The third-order valence-corrected chi connectivity index (χ3v) is 12.4. The van der Waals surface area contributed by atoms with E-state index in [0.29, 0.717) is 35.5 Å². The van der Waals surface area contributed by atoms with E-state index in [4.69, 9.17) is 8.84 Å². The molecule has 0 saturated carbocycles. The van der Waals surface area contributed by atoms with Gasteiger partial charge >= 0.3 is 0 Å². The van der Waals surface area contributed by atoms with E-state index in [1.54, 1.807) is 12.1 Å². The van der Waals surface area contributed by atoms with Crippen LogP contribution in [0.15, 0.2) is 107 Å². The van der Waals surface area contributed by atoms with Crippen LogP contribution in [-0.4, -0.2) is 43.0 Å². The van der Waals surface area contributed by atoms with Gasteiger partial charge in [0.15, 0.2) is 0 Å². The highest BCUT2D eigenvalue weighted by molar-refractivity contribution is 6.99. The summed E-state index contributed by atoms with van der Waals surface area (Å²) in [7, 11) is -2.78. The van der Waals surface area contributed by atoms with Gasteiger partial charge in [-0.25, -0.2) is 0 Å². The Morgan fingerprint density at radius 2 is 1.56 bits per heavy atom. The molecule has 0 aliphatic carbocycles. The average molecular weight is 575 g/mol. The molecule has 0 aliphatic heterocycles. The van der Waals surface area contributed by atoms with Crippen LogP contribution in [-0.2, 0) is 11.0 Å². The van der Waals surface area contributed by atoms with E-state index < -0.39 is 14.4 Å². The van der Waals surface area contributed by atoms with Crippen molar-refractivity contribution in [3.63, 3.8) is 0 Å². The summed E-state index contributed by atoms with van der Waals surface area (Å²) in [4.78, 5) is 0. The van der Waals surface area contributed by atoms with Crippen LogP contribution >= 0.6 is 0 Å². The van der Waals surface area contributed by atoms with Crippen molar-refractivity contribution in [1.29, 1.82) is 0 Å². The minimum atomic E-state index is -2.78. The van der Waals surface area contributed by atoms with Crippen LogP contribution in [0.2, 0.25) is 5.04 Å². The predicted molar refractivity (Wildman–Crippen MR) is 171 cm³/mol. The van der Waals surface area contributed by atoms with Gasteiger partial charge in [0.2, 0.25) is 0 Å². The number of hydrogen-bond donors (Lipinski definition) is 3. The summed E-state index contributed by atoms with van der Waals surface area (Å²) < 4.78 is 12.7. The van der Waals surface area contributed by atoms with Crippen molar-refractivity contribution in [3.05, 3.63) is 114 Å². The van der Waals surface area contributed by atoms with E-state index >= 15 is 0 Å². The lowest BCUT2D eigenvalue weighted by Crippen LogP contribution is -2.66. The highest BCUT2D eigenvalue weighted by Crippen LogP contribution is 2.37. The largest absolute Gasteiger partial charge is 0.459 e. The molecule has 0 bridgehead atoms. The van der Waals surface area contributed by atoms with E-state index in [1.165, 1.54) is 10.4 Å². The first-order valence-electron chi connectivity index (χ1n) is 14.5. The highest BCUT2D eigenvalue weighted by atomic mass is 28.4. The number of benzene rings is 2. The number of allylic oxidation sites excluding steroid dienone is 1.